The summed E-state index contributed by atoms with van der Waals surface area (Å²) in [6, 6.07) is 7.52. The number of hydrogen-bond acceptors (Lipinski definition) is 2. The molecule has 0 aliphatic heterocycles. The monoisotopic (exact) mass is 307 g/mol. The smallest absolute Gasteiger partial charge is 0.165 e. The molecule has 2 nitrogen and oxygen atoms in total. The van der Waals surface area contributed by atoms with Crippen LogP contribution in [-0.4, -0.2) is 30.3 Å². The van der Waals surface area contributed by atoms with Gasteiger partial charge in [-0.1, -0.05) is 46.3 Å². The van der Waals surface area contributed by atoms with Gasteiger partial charge in [0.2, 0.25) is 0 Å². The van der Waals surface area contributed by atoms with Crippen molar-refractivity contribution >= 4 is 21.7 Å². The standard InChI is InChI=1S/C15H18BrNO/c1-3-10-17(11-4-2)12-9-15(18)13-7-5-6-8-14(13)16/h3-8H,1-2,9-12H2. The van der Waals surface area contributed by atoms with Crippen LogP contribution in [0.25, 0.3) is 0 Å². The molecule has 96 valence electrons. The van der Waals surface area contributed by atoms with E-state index in [-0.39, 0.29) is 5.78 Å². The molecule has 0 saturated heterocycles. The third kappa shape index (κ3) is 4.59. The molecule has 0 atom stereocenters. The Kier molecular flexibility index (Phi) is 6.61. The Morgan fingerprint density at radius 1 is 1.22 bits per heavy atom. The van der Waals surface area contributed by atoms with Gasteiger partial charge in [-0.15, -0.1) is 13.2 Å². The number of rotatable bonds is 8. The minimum atomic E-state index is 0.153. The maximum atomic E-state index is 12.1. The van der Waals surface area contributed by atoms with Gasteiger partial charge in [-0.25, -0.2) is 0 Å². The van der Waals surface area contributed by atoms with Gasteiger partial charge < -0.3 is 0 Å². The zero-order chi connectivity index (χ0) is 13.4. The lowest BCUT2D eigenvalue weighted by Gasteiger charge is -2.18. The zero-order valence-electron chi connectivity index (χ0n) is 10.4. The SMILES string of the molecule is C=CCN(CC=C)CCC(=O)c1ccccc1Br. The van der Waals surface area contributed by atoms with Gasteiger partial charge in [0.25, 0.3) is 0 Å². The molecule has 0 amide bonds. The van der Waals surface area contributed by atoms with E-state index in [4.69, 9.17) is 0 Å². The Morgan fingerprint density at radius 2 is 1.83 bits per heavy atom. The molecule has 0 radical (unpaired) electrons. The molecular weight excluding hydrogens is 290 g/mol. The second-order valence-electron chi connectivity index (χ2n) is 3.99. The fourth-order valence-electron chi connectivity index (χ4n) is 1.70. The molecule has 0 aliphatic carbocycles. The number of nitrogens with zero attached hydrogens (tertiary/aromatic N) is 1. The predicted octanol–water partition coefficient (Wildman–Crippen LogP) is 3.70. The molecule has 0 aliphatic rings. The molecule has 0 bridgehead atoms. The van der Waals surface area contributed by atoms with Crippen LogP contribution in [0.1, 0.15) is 16.8 Å². The van der Waals surface area contributed by atoms with Crippen LogP contribution in [0.5, 0.6) is 0 Å². The highest BCUT2D eigenvalue weighted by molar-refractivity contribution is 9.10. The van der Waals surface area contributed by atoms with E-state index in [2.05, 4.69) is 34.0 Å². The van der Waals surface area contributed by atoms with Crippen molar-refractivity contribution in [3.63, 3.8) is 0 Å². The molecule has 0 heterocycles. The first-order chi connectivity index (χ1) is 8.69. The van der Waals surface area contributed by atoms with Crippen molar-refractivity contribution < 1.29 is 4.79 Å². The van der Waals surface area contributed by atoms with Crippen LogP contribution in [0.3, 0.4) is 0 Å². The lowest BCUT2D eigenvalue weighted by atomic mass is 10.1. The van der Waals surface area contributed by atoms with Gasteiger partial charge in [0.15, 0.2) is 5.78 Å². The van der Waals surface area contributed by atoms with Crippen molar-refractivity contribution in [2.75, 3.05) is 19.6 Å². The highest BCUT2D eigenvalue weighted by Crippen LogP contribution is 2.17. The Morgan fingerprint density at radius 3 is 2.39 bits per heavy atom. The Bertz CT molecular complexity index is 418. The second kappa shape index (κ2) is 8.01. The Balaban J connectivity index is 2.57. The van der Waals surface area contributed by atoms with Crippen LogP contribution >= 0.6 is 15.9 Å². The van der Waals surface area contributed by atoms with Crippen molar-refractivity contribution in [2.45, 2.75) is 6.42 Å². The van der Waals surface area contributed by atoms with E-state index in [1.807, 2.05) is 36.4 Å². The minimum Gasteiger partial charge on any atom is -0.296 e. The Labute approximate surface area is 117 Å². The summed E-state index contributed by atoms with van der Waals surface area (Å²) < 4.78 is 0.856. The first-order valence-corrected chi connectivity index (χ1v) is 6.70. The highest BCUT2D eigenvalue weighted by Gasteiger charge is 2.10. The fourth-order valence-corrected chi connectivity index (χ4v) is 2.21. The minimum absolute atomic E-state index is 0.153. The summed E-state index contributed by atoms with van der Waals surface area (Å²) in [4.78, 5) is 14.2. The maximum Gasteiger partial charge on any atom is 0.165 e. The van der Waals surface area contributed by atoms with Crippen LogP contribution in [0.4, 0.5) is 0 Å². The van der Waals surface area contributed by atoms with Gasteiger partial charge in [0, 0.05) is 36.1 Å². The molecule has 1 aromatic carbocycles. The third-order valence-corrected chi connectivity index (χ3v) is 3.30. The predicted molar refractivity (Wildman–Crippen MR) is 79.9 cm³/mol. The third-order valence-electron chi connectivity index (χ3n) is 2.60. The van der Waals surface area contributed by atoms with E-state index in [0.717, 1.165) is 29.7 Å². The lowest BCUT2D eigenvalue weighted by molar-refractivity contribution is 0.0968. The number of ketones is 1. The summed E-state index contributed by atoms with van der Waals surface area (Å²) in [6.07, 6.45) is 4.18. The molecule has 1 aromatic rings. The number of benzene rings is 1. The van der Waals surface area contributed by atoms with Gasteiger partial charge in [-0.3, -0.25) is 9.69 Å². The summed E-state index contributed by atoms with van der Waals surface area (Å²) in [5, 5.41) is 0. The molecule has 0 unspecified atom stereocenters. The number of carbonyl (C=O) groups is 1. The first kappa shape index (κ1) is 14.9. The number of halogens is 1. The maximum absolute atomic E-state index is 12.1. The summed E-state index contributed by atoms with van der Waals surface area (Å²) in [6.45, 7) is 9.69. The number of carbonyl (C=O) groups excluding carboxylic acids is 1. The summed E-state index contributed by atoms with van der Waals surface area (Å²) in [5.41, 5.74) is 0.745. The molecule has 3 heteroatoms. The van der Waals surface area contributed by atoms with Crippen LogP contribution in [0.15, 0.2) is 54.0 Å². The average molecular weight is 308 g/mol. The van der Waals surface area contributed by atoms with Crippen LogP contribution in [-0.2, 0) is 0 Å². The van der Waals surface area contributed by atoms with Gasteiger partial charge in [0.1, 0.15) is 0 Å². The van der Waals surface area contributed by atoms with E-state index in [0.29, 0.717) is 6.42 Å². The Hall–Kier alpha value is -1.19. The average Bonchev–Trinajstić information content (AvgIpc) is 2.36. The molecule has 0 aromatic heterocycles. The van der Waals surface area contributed by atoms with Crippen LogP contribution < -0.4 is 0 Å². The topological polar surface area (TPSA) is 20.3 Å². The highest BCUT2D eigenvalue weighted by atomic mass is 79.9. The summed E-state index contributed by atoms with van der Waals surface area (Å²) in [5.74, 6) is 0.153. The quantitative estimate of drug-likeness (QED) is 0.539. The molecule has 0 saturated carbocycles. The molecule has 0 fully saturated rings. The first-order valence-electron chi connectivity index (χ1n) is 5.91. The van der Waals surface area contributed by atoms with E-state index < -0.39 is 0 Å². The van der Waals surface area contributed by atoms with Gasteiger partial charge >= 0.3 is 0 Å². The molecule has 18 heavy (non-hydrogen) atoms. The van der Waals surface area contributed by atoms with Crippen molar-refractivity contribution in [3.8, 4) is 0 Å². The van der Waals surface area contributed by atoms with E-state index in [1.54, 1.807) is 0 Å². The molecule has 0 N–H and O–H groups in total. The van der Waals surface area contributed by atoms with Gasteiger partial charge in [-0.05, 0) is 6.07 Å². The molecular formula is C15H18BrNO. The van der Waals surface area contributed by atoms with Gasteiger partial charge in [0.05, 0.1) is 0 Å². The normalized spacial score (nSPS) is 10.3. The largest absolute Gasteiger partial charge is 0.296 e. The fraction of sp³-hybridized carbons (Fsp3) is 0.267. The van der Waals surface area contributed by atoms with E-state index in [9.17, 15) is 4.79 Å². The molecule has 1 rings (SSSR count). The van der Waals surface area contributed by atoms with E-state index >= 15 is 0 Å². The summed E-state index contributed by atoms with van der Waals surface area (Å²) in [7, 11) is 0. The van der Waals surface area contributed by atoms with Gasteiger partial charge in [-0.2, -0.15) is 0 Å². The van der Waals surface area contributed by atoms with Crippen LogP contribution in [0.2, 0.25) is 0 Å². The zero-order valence-corrected chi connectivity index (χ0v) is 12.0. The second-order valence-corrected chi connectivity index (χ2v) is 4.84. The van der Waals surface area contributed by atoms with Crippen molar-refractivity contribution in [3.05, 3.63) is 59.6 Å². The lowest BCUT2D eigenvalue weighted by Crippen LogP contribution is -2.26. The van der Waals surface area contributed by atoms with Crippen LogP contribution in [0, 0.1) is 0 Å². The molecule has 0 spiro atoms. The number of hydrogen-bond donors (Lipinski definition) is 0. The van der Waals surface area contributed by atoms with Crippen molar-refractivity contribution in [2.24, 2.45) is 0 Å². The van der Waals surface area contributed by atoms with E-state index in [1.165, 1.54) is 0 Å². The van der Waals surface area contributed by atoms with Crippen molar-refractivity contribution in [1.82, 2.24) is 4.90 Å². The number of Topliss-reactive ketones (excluding diaryl/α,β-unsaturated/α-hetero) is 1. The van der Waals surface area contributed by atoms with Crippen molar-refractivity contribution in [1.29, 1.82) is 0 Å². The summed E-state index contributed by atoms with van der Waals surface area (Å²) >= 11 is 3.40.